The summed E-state index contributed by atoms with van der Waals surface area (Å²) in [4.78, 5) is 46.4. The number of carbonyl (C=O) groups is 2. The quantitative estimate of drug-likeness (QED) is 0.156. The third-order valence-electron chi connectivity index (χ3n) is 6.38. The molecule has 0 fully saturated rings. The Labute approximate surface area is 222 Å². The molecule has 1 aliphatic carbocycles. The third-order valence-corrected chi connectivity index (χ3v) is 7.30. The predicted octanol–water partition coefficient (Wildman–Crippen LogP) is 2.26. The van der Waals surface area contributed by atoms with Crippen molar-refractivity contribution >= 4 is 55.6 Å². The average Bonchev–Trinajstić information content (AvgIpc) is 3.63. The molecule has 0 aromatic carbocycles. The zero-order valence-corrected chi connectivity index (χ0v) is 22.0. The van der Waals surface area contributed by atoms with Crippen molar-refractivity contribution in [3.63, 3.8) is 0 Å². The third kappa shape index (κ3) is 4.91. The minimum absolute atomic E-state index is 0.0649. The number of nitrogen functional groups attached to an aromatic ring is 2. The Morgan fingerprint density at radius 3 is 2.17 bits per heavy atom. The number of hydrogen-bond donors (Lipinski definition) is 8. The molecule has 2 amide bonds. The standard InChI is InChI=1S/C22H24Br2N10O2/c23-10-2-14(27-5-10)19(35)29-4-9-1-13-18(34-22(26)32-13)17(16-8-31-21(25)33-16)12(9)7-30-20(36)15-3-11(24)6-28-15/h2-3,5-6,8-9,12,17,27-28H,1,4,7H2,(H,29,35)(H,30,36)(H3,25,31,33)(H3,26,32,34)/t9?,12-,17+/m1/s1. The van der Waals surface area contributed by atoms with Crippen molar-refractivity contribution in [2.75, 3.05) is 24.6 Å². The number of amides is 2. The highest BCUT2D eigenvalue weighted by atomic mass is 79.9. The maximum absolute atomic E-state index is 12.8. The van der Waals surface area contributed by atoms with Crippen molar-refractivity contribution in [2.24, 2.45) is 11.8 Å². The Balaban J connectivity index is 1.43. The summed E-state index contributed by atoms with van der Waals surface area (Å²) in [5.41, 5.74) is 15.2. The zero-order valence-electron chi connectivity index (χ0n) is 18.9. The van der Waals surface area contributed by atoms with Gasteiger partial charge in [0.15, 0.2) is 11.9 Å². The summed E-state index contributed by atoms with van der Waals surface area (Å²) in [6, 6.07) is 3.42. The van der Waals surface area contributed by atoms with E-state index >= 15 is 0 Å². The number of fused-ring (bicyclic) bond motifs is 1. The summed E-state index contributed by atoms with van der Waals surface area (Å²) in [6.07, 6.45) is 5.65. The van der Waals surface area contributed by atoms with Crippen molar-refractivity contribution in [1.82, 2.24) is 40.5 Å². The van der Waals surface area contributed by atoms with Gasteiger partial charge in [-0.1, -0.05) is 0 Å². The molecular formula is C22H24Br2N10O2. The number of aromatic amines is 4. The minimum atomic E-state index is -0.288. The smallest absolute Gasteiger partial charge is 0.267 e. The number of imidazole rings is 2. The second-order valence-corrected chi connectivity index (χ2v) is 10.5. The predicted molar refractivity (Wildman–Crippen MR) is 140 cm³/mol. The van der Waals surface area contributed by atoms with E-state index in [1.54, 1.807) is 30.7 Å². The van der Waals surface area contributed by atoms with Gasteiger partial charge in [-0.05, 0) is 62.2 Å². The minimum Gasteiger partial charge on any atom is -0.369 e. The first-order valence-electron chi connectivity index (χ1n) is 11.2. The van der Waals surface area contributed by atoms with Gasteiger partial charge < -0.3 is 42.0 Å². The molecule has 12 nitrogen and oxygen atoms in total. The normalized spacial score (nSPS) is 19.1. The number of anilines is 2. The van der Waals surface area contributed by atoms with E-state index in [1.807, 2.05) is 0 Å². The molecule has 4 aromatic heterocycles. The van der Waals surface area contributed by atoms with Gasteiger partial charge in [0.25, 0.3) is 11.8 Å². The number of aromatic nitrogens is 6. The molecule has 0 saturated heterocycles. The number of carbonyl (C=O) groups excluding carboxylic acids is 2. The lowest BCUT2D eigenvalue weighted by Gasteiger charge is -2.37. The van der Waals surface area contributed by atoms with Gasteiger partial charge in [0.05, 0.1) is 11.9 Å². The van der Waals surface area contributed by atoms with Crippen molar-refractivity contribution in [3.8, 4) is 0 Å². The SMILES string of the molecule is Nc1ncc([C@H]2c3nc(N)[nH]c3CC(CNC(=O)c3cc(Br)c[nH]3)[C@H]2CNC(=O)c2cc(Br)c[nH]2)[nH]1. The highest BCUT2D eigenvalue weighted by Crippen LogP contribution is 2.42. The molecule has 14 heteroatoms. The van der Waals surface area contributed by atoms with Crippen LogP contribution in [-0.4, -0.2) is 54.8 Å². The molecule has 4 heterocycles. The van der Waals surface area contributed by atoms with Crippen LogP contribution < -0.4 is 22.1 Å². The second kappa shape index (κ2) is 9.85. The molecule has 5 rings (SSSR count). The molecule has 0 spiro atoms. The Morgan fingerprint density at radius 1 is 0.972 bits per heavy atom. The molecule has 10 N–H and O–H groups in total. The molecule has 4 aromatic rings. The van der Waals surface area contributed by atoms with Gasteiger partial charge in [-0.3, -0.25) is 9.59 Å². The molecule has 188 valence electrons. The molecule has 36 heavy (non-hydrogen) atoms. The number of nitrogens with one attached hydrogen (secondary N) is 6. The first-order chi connectivity index (χ1) is 17.3. The van der Waals surface area contributed by atoms with Crippen LogP contribution in [0, 0.1) is 11.8 Å². The summed E-state index contributed by atoms with van der Waals surface area (Å²) in [5, 5.41) is 6.05. The fourth-order valence-electron chi connectivity index (χ4n) is 4.76. The first kappa shape index (κ1) is 24.2. The van der Waals surface area contributed by atoms with Gasteiger partial charge in [-0.25, -0.2) is 9.97 Å². The van der Waals surface area contributed by atoms with Crippen molar-refractivity contribution in [3.05, 3.63) is 68.1 Å². The molecular weight excluding hydrogens is 596 g/mol. The van der Waals surface area contributed by atoms with E-state index < -0.39 is 0 Å². The lowest BCUT2D eigenvalue weighted by molar-refractivity contribution is 0.0906. The van der Waals surface area contributed by atoms with Crippen LogP contribution in [0.5, 0.6) is 0 Å². The Hall–Kier alpha value is -3.52. The fraction of sp³-hybridized carbons (Fsp3) is 0.273. The van der Waals surface area contributed by atoms with E-state index in [0.29, 0.717) is 36.8 Å². The molecule has 0 saturated carbocycles. The molecule has 3 atom stereocenters. The van der Waals surface area contributed by atoms with E-state index in [-0.39, 0.29) is 35.5 Å². The summed E-state index contributed by atoms with van der Waals surface area (Å²) in [6.45, 7) is 0.683. The largest absolute Gasteiger partial charge is 0.369 e. The van der Waals surface area contributed by atoms with Crippen molar-refractivity contribution < 1.29 is 9.59 Å². The highest BCUT2D eigenvalue weighted by Gasteiger charge is 2.41. The summed E-state index contributed by atoms with van der Waals surface area (Å²) in [7, 11) is 0. The van der Waals surface area contributed by atoms with Crippen LogP contribution in [0.25, 0.3) is 0 Å². The number of hydrogen-bond acceptors (Lipinski definition) is 6. The lowest BCUT2D eigenvalue weighted by Crippen LogP contribution is -2.44. The molecule has 0 aliphatic heterocycles. The number of nitrogens with two attached hydrogens (primary N) is 2. The number of H-pyrrole nitrogens is 4. The average molecular weight is 620 g/mol. The molecule has 1 aliphatic rings. The van der Waals surface area contributed by atoms with Crippen LogP contribution >= 0.6 is 31.9 Å². The van der Waals surface area contributed by atoms with Crippen LogP contribution in [0.1, 0.15) is 44.0 Å². The fourth-order valence-corrected chi connectivity index (χ4v) is 5.45. The topological polar surface area (TPSA) is 199 Å². The zero-order chi connectivity index (χ0) is 25.4. The van der Waals surface area contributed by atoms with Gasteiger partial charge >= 0.3 is 0 Å². The Kier molecular flexibility index (Phi) is 6.62. The number of nitrogens with zero attached hydrogens (tertiary/aromatic N) is 2. The molecule has 1 unspecified atom stereocenters. The van der Waals surface area contributed by atoms with Crippen molar-refractivity contribution in [2.45, 2.75) is 12.3 Å². The Bertz CT molecular complexity index is 1400. The second-order valence-electron chi connectivity index (χ2n) is 8.70. The molecule has 0 radical (unpaired) electrons. The number of rotatable bonds is 7. The van der Waals surface area contributed by atoms with E-state index in [2.05, 4.69) is 72.4 Å². The van der Waals surface area contributed by atoms with Crippen molar-refractivity contribution in [1.29, 1.82) is 0 Å². The van der Waals surface area contributed by atoms with E-state index in [4.69, 9.17) is 11.5 Å². The lowest BCUT2D eigenvalue weighted by atomic mass is 9.71. The van der Waals surface area contributed by atoms with E-state index in [0.717, 1.165) is 26.0 Å². The highest BCUT2D eigenvalue weighted by molar-refractivity contribution is 9.10. The van der Waals surface area contributed by atoms with Crippen LogP contribution in [0.4, 0.5) is 11.9 Å². The summed E-state index contributed by atoms with van der Waals surface area (Å²) >= 11 is 6.70. The number of halogens is 2. The molecule has 0 bridgehead atoms. The maximum atomic E-state index is 12.8. The summed E-state index contributed by atoms with van der Waals surface area (Å²) in [5.74, 6) is -0.390. The van der Waals surface area contributed by atoms with Gasteiger partial charge in [-0.15, -0.1) is 0 Å². The maximum Gasteiger partial charge on any atom is 0.267 e. The van der Waals surface area contributed by atoms with Crippen LogP contribution in [0.15, 0.2) is 39.7 Å². The first-order valence-corrected chi connectivity index (χ1v) is 12.8. The Morgan fingerprint density at radius 2 is 1.61 bits per heavy atom. The van der Waals surface area contributed by atoms with Crippen LogP contribution in [0.2, 0.25) is 0 Å². The summed E-state index contributed by atoms with van der Waals surface area (Å²) < 4.78 is 1.57. The van der Waals surface area contributed by atoms with E-state index in [1.165, 1.54) is 0 Å². The monoisotopic (exact) mass is 618 g/mol. The van der Waals surface area contributed by atoms with Gasteiger partial charge in [-0.2, -0.15) is 0 Å². The van der Waals surface area contributed by atoms with Gasteiger partial charge in [0.2, 0.25) is 0 Å². The van der Waals surface area contributed by atoms with E-state index in [9.17, 15) is 9.59 Å². The van der Waals surface area contributed by atoms with Crippen LogP contribution in [-0.2, 0) is 6.42 Å². The van der Waals surface area contributed by atoms with Gasteiger partial charge in [0, 0.05) is 51.7 Å². The van der Waals surface area contributed by atoms with Gasteiger partial charge in [0.1, 0.15) is 11.4 Å². The van der Waals surface area contributed by atoms with Crippen LogP contribution in [0.3, 0.4) is 0 Å².